The van der Waals surface area contributed by atoms with E-state index in [2.05, 4.69) is 20.7 Å². The Labute approximate surface area is 166 Å². The van der Waals surface area contributed by atoms with Crippen molar-refractivity contribution >= 4 is 28.9 Å². The van der Waals surface area contributed by atoms with E-state index < -0.39 is 12.7 Å². The standard InChI is InChI=1S/C20H19F2N3O2S/c1-11-6-5-7-13(10-11)24-18(26)16-12(2)23-20(28)25-17(16)14-8-3-4-9-15(14)27-19(21)22/h3-10,17,19H,1-2H3,(H,24,26)(H2,23,25,28)/t17-/m1/s1. The van der Waals surface area contributed by atoms with Gasteiger partial charge in [0.2, 0.25) is 0 Å². The van der Waals surface area contributed by atoms with Crippen molar-refractivity contribution in [2.75, 3.05) is 5.32 Å². The first kappa shape index (κ1) is 19.8. The highest BCUT2D eigenvalue weighted by molar-refractivity contribution is 7.80. The SMILES string of the molecule is CC1=C(C(=O)Nc2cccc(C)c2)[C@@H](c2ccccc2OC(F)F)NC(=S)N1. The summed E-state index contributed by atoms with van der Waals surface area (Å²) in [6.45, 7) is 0.648. The molecular formula is C20H19F2N3O2S. The molecule has 0 radical (unpaired) electrons. The normalized spacial score (nSPS) is 16.5. The number of halogens is 2. The molecule has 2 aromatic carbocycles. The lowest BCUT2D eigenvalue weighted by Gasteiger charge is -2.31. The van der Waals surface area contributed by atoms with E-state index in [4.69, 9.17) is 12.2 Å². The minimum Gasteiger partial charge on any atom is -0.434 e. The van der Waals surface area contributed by atoms with Crippen LogP contribution in [0.15, 0.2) is 59.8 Å². The smallest absolute Gasteiger partial charge is 0.387 e. The second kappa shape index (κ2) is 8.35. The summed E-state index contributed by atoms with van der Waals surface area (Å²) in [4.78, 5) is 13.0. The molecule has 0 fully saturated rings. The molecule has 1 amide bonds. The van der Waals surface area contributed by atoms with Gasteiger partial charge in [-0.25, -0.2) is 0 Å². The largest absolute Gasteiger partial charge is 0.434 e. The number of alkyl halides is 2. The molecule has 1 aliphatic rings. The van der Waals surface area contributed by atoms with Crippen molar-refractivity contribution in [2.45, 2.75) is 26.5 Å². The van der Waals surface area contributed by atoms with E-state index >= 15 is 0 Å². The van der Waals surface area contributed by atoms with Crippen LogP contribution >= 0.6 is 12.2 Å². The van der Waals surface area contributed by atoms with Gasteiger partial charge in [-0.3, -0.25) is 4.79 Å². The number of para-hydroxylation sites is 1. The molecule has 0 aromatic heterocycles. The Balaban J connectivity index is 1.99. The lowest BCUT2D eigenvalue weighted by molar-refractivity contribution is -0.113. The van der Waals surface area contributed by atoms with E-state index in [9.17, 15) is 13.6 Å². The van der Waals surface area contributed by atoms with E-state index in [-0.39, 0.29) is 11.7 Å². The molecule has 0 saturated heterocycles. The van der Waals surface area contributed by atoms with Gasteiger partial charge in [-0.1, -0.05) is 30.3 Å². The van der Waals surface area contributed by atoms with Gasteiger partial charge in [0, 0.05) is 16.9 Å². The third-order valence-electron chi connectivity index (χ3n) is 4.24. The van der Waals surface area contributed by atoms with Crippen molar-refractivity contribution in [3.05, 3.63) is 70.9 Å². The summed E-state index contributed by atoms with van der Waals surface area (Å²) >= 11 is 5.20. The number of hydrogen-bond acceptors (Lipinski definition) is 3. The summed E-state index contributed by atoms with van der Waals surface area (Å²) in [5.41, 5.74) is 2.89. The highest BCUT2D eigenvalue weighted by atomic mass is 32.1. The zero-order valence-electron chi connectivity index (χ0n) is 15.3. The van der Waals surface area contributed by atoms with Crippen molar-refractivity contribution in [1.29, 1.82) is 0 Å². The average Bonchev–Trinajstić information content (AvgIpc) is 2.61. The molecule has 0 unspecified atom stereocenters. The number of amides is 1. The fourth-order valence-electron chi connectivity index (χ4n) is 3.07. The number of carbonyl (C=O) groups excluding carboxylic acids is 1. The van der Waals surface area contributed by atoms with Crippen LogP contribution in [0.4, 0.5) is 14.5 Å². The first-order valence-electron chi connectivity index (χ1n) is 8.55. The van der Waals surface area contributed by atoms with E-state index in [1.54, 1.807) is 31.2 Å². The van der Waals surface area contributed by atoms with Crippen molar-refractivity contribution in [1.82, 2.24) is 10.6 Å². The molecule has 146 valence electrons. The minimum atomic E-state index is -2.98. The Morgan fingerprint density at radius 3 is 2.64 bits per heavy atom. The number of nitrogens with one attached hydrogen (secondary N) is 3. The number of benzene rings is 2. The van der Waals surface area contributed by atoms with E-state index in [1.807, 2.05) is 25.1 Å². The second-order valence-corrected chi connectivity index (χ2v) is 6.72. The summed E-state index contributed by atoms with van der Waals surface area (Å²) in [7, 11) is 0. The minimum absolute atomic E-state index is 0.0200. The molecular weight excluding hydrogens is 384 g/mol. The molecule has 28 heavy (non-hydrogen) atoms. The molecule has 0 bridgehead atoms. The predicted octanol–water partition coefficient (Wildman–Crippen LogP) is 4.03. The third-order valence-corrected chi connectivity index (χ3v) is 4.46. The van der Waals surface area contributed by atoms with Crippen LogP contribution in [0.2, 0.25) is 0 Å². The summed E-state index contributed by atoms with van der Waals surface area (Å²) in [5, 5.41) is 9.04. The van der Waals surface area contributed by atoms with Crippen molar-refractivity contribution in [3.63, 3.8) is 0 Å². The zero-order chi connectivity index (χ0) is 20.3. The average molecular weight is 403 g/mol. The monoisotopic (exact) mass is 403 g/mol. The Kier molecular flexibility index (Phi) is 5.89. The number of rotatable bonds is 5. The zero-order valence-corrected chi connectivity index (χ0v) is 16.1. The maximum Gasteiger partial charge on any atom is 0.387 e. The molecule has 0 saturated carbocycles. The van der Waals surface area contributed by atoms with Crippen LogP contribution in [0.25, 0.3) is 0 Å². The molecule has 0 aliphatic carbocycles. The number of allylic oxidation sites excluding steroid dienone is 1. The van der Waals surface area contributed by atoms with Crippen molar-refractivity contribution < 1.29 is 18.3 Å². The molecule has 1 heterocycles. The highest BCUT2D eigenvalue weighted by Crippen LogP contribution is 2.34. The third kappa shape index (κ3) is 4.45. The molecule has 5 nitrogen and oxygen atoms in total. The summed E-state index contributed by atoms with van der Waals surface area (Å²) < 4.78 is 30.3. The number of anilines is 1. The van der Waals surface area contributed by atoms with Gasteiger partial charge >= 0.3 is 6.61 Å². The second-order valence-electron chi connectivity index (χ2n) is 6.31. The predicted molar refractivity (Wildman–Crippen MR) is 107 cm³/mol. The van der Waals surface area contributed by atoms with E-state index in [1.165, 1.54) is 6.07 Å². The van der Waals surface area contributed by atoms with Crippen LogP contribution in [0, 0.1) is 6.92 Å². The highest BCUT2D eigenvalue weighted by Gasteiger charge is 2.32. The number of carbonyl (C=O) groups is 1. The summed E-state index contributed by atoms with van der Waals surface area (Å²) in [6, 6.07) is 13.0. The molecule has 1 atom stereocenters. The fourth-order valence-corrected chi connectivity index (χ4v) is 3.34. The van der Waals surface area contributed by atoms with Gasteiger partial charge in [0.15, 0.2) is 5.11 Å². The van der Waals surface area contributed by atoms with Gasteiger partial charge in [0.05, 0.1) is 11.6 Å². The fraction of sp³-hybridized carbons (Fsp3) is 0.200. The molecule has 3 N–H and O–H groups in total. The number of hydrogen-bond donors (Lipinski definition) is 3. The molecule has 8 heteroatoms. The summed E-state index contributed by atoms with van der Waals surface area (Å²) in [5.74, 6) is -0.393. The Morgan fingerprint density at radius 1 is 1.18 bits per heavy atom. The number of ether oxygens (including phenoxy) is 1. The van der Waals surface area contributed by atoms with Gasteiger partial charge in [-0.05, 0) is 49.8 Å². The van der Waals surface area contributed by atoms with Crippen molar-refractivity contribution in [2.24, 2.45) is 0 Å². The molecule has 1 aliphatic heterocycles. The number of aryl methyl sites for hydroxylation is 1. The maximum atomic E-state index is 13.0. The molecule has 3 rings (SSSR count). The van der Waals surface area contributed by atoms with Crippen LogP contribution in [0.5, 0.6) is 5.75 Å². The Morgan fingerprint density at radius 2 is 1.93 bits per heavy atom. The van der Waals surface area contributed by atoms with Crippen LogP contribution < -0.4 is 20.7 Å². The maximum absolute atomic E-state index is 13.0. The van der Waals surface area contributed by atoms with E-state index in [0.717, 1.165) is 5.56 Å². The quantitative estimate of drug-likeness (QED) is 0.658. The lowest BCUT2D eigenvalue weighted by Crippen LogP contribution is -2.45. The summed E-state index contributed by atoms with van der Waals surface area (Å²) in [6.07, 6.45) is 0. The van der Waals surface area contributed by atoms with Crippen molar-refractivity contribution in [3.8, 4) is 5.75 Å². The van der Waals surface area contributed by atoms with Crippen LogP contribution in [0.1, 0.15) is 24.1 Å². The molecule has 2 aromatic rings. The Hall–Kier alpha value is -3.00. The first-order chi connectivity index (χ1) is 13.3. The first-order valence-corrected chi connectivity index (χ1v) is 8.96. The van der Waals surface area contributed by atoms with Crippen LogP contribution in [-0.2, 0) is 4.79 Å². The van der Waals surface area contributed by atoms with E-state index in [0.29, 0.717) is 27.6 Å². The van der Waals surface area contributed by atoms with Crippen LogP contribution in [0.3, 0.4) is 0 Å². The van der Waals surface area contributed by atoms with Crippen LogP contribution in [-0.4, -0.2) is 17.6 Å². The van der Waals surface area contributed by atoms with Gasteiger partial charge in [0.25, 0.3) is 5.91 Å². The van der Waals surface area contributed by atoms with Gasteiger partial charge < -0.3 is 20.7 Å². The lowest BCUT2D eigenvalue weighted by atomic mass is 9.94. The number of thiocarbonyl (C=S) groups is 1. The van der Waals surface area contributed by atoms with Gasteiger partial charge in [0.1, 0.15) is 5.75 Å². The van der Waals surface area contributed by atoms with Gasteiger partial charge in [-0.2, -0.15) is 8.78 Å². The topological polar surface area (TPSA) is 62.4 Å². The molecule has 0 spiro atoms. The Bertz CT molecular complexity index is 947. The van der Waals surface area contributed by atoms with Gasteiger partial charge in [-0.15, -0.1) is 0 Å².